The molecule has 3 rings (SSSR count). The molecular weight excluding hydrogens is 477 g/mol. The van der Waals surface area contributed by atoms with Gasteiger partial charge in [0.15, 0.2) is 5.69 Å². The van der Waals surface area contributed by atoms with E-state index in [2.05, 4.69) is 26.3 Å². The number of hydrogen-bond donors (Lipinski definition) is 2. The summed E-state index contributed by atoms with van der Waals surface area (Å²) >= 11 is 3.35. The highest BCUT2D eigenvalue weighted by molar-refractivity contribution is 9.10. The number of aromatic nitrogens is 4. The van der Waals surface area contributed by atoms with Crippen molar-refractivity contribution in [1.82, 2.24) is 24.6 Å². The highest BCUT2D eigenvalue weighted by Crippen LogP contribution is 2.17. The Morgan fingerprint density at radius 3 is 2.68 bits per heavy atom. The molecule has 0 aliphatic carbocycles. The zero-order valence-corrected chi connectivity index (χ0v) is 17.8. The molecule has 31 heavy (non-hydrogen) atoms. The van der Waals surface area contributed by atoms with Crippen molar-refractivity contribution in [2.45, 2.75) is 13.5 Å². The van der Waals surface area contributed by atoms with Crippen LogP contribution in [-0.4, -0.2) is 44.4 Å². The van der Waals surface area contributed by atoms with E-state index in [4.69, 9.17) is 4.74 Å². The van der Waals surface area contributed by atoms with Gasteiger partial charge in [0.1, 0.15) is 13.2 Å². The molecule has 0 bridgehead atoms. The number of H-pyrrole nitrogens is 1. The van der Waals surface area contributed by atoms with E-state index in [0.717, 1.165) is 9.04 Å². The smallest absolute Gasteiger partial charge is 0.357 e. The standard InChI is InChI=1S/C19H17BrFN5O5/c1-11-8-15(26(24-11)13-4-2-12(20)3-5-13)18(29)31-7-6-22-16(27)10-25-9-14(21)17(28)23-19(25)30/h2-5,8-9H,6-7,10H2,1H3,(H,22,27)(H,23,28,30). The van der Waals surface area contributed by atoms with Crippen molar-refractivity contribution in [3.63, 3.8) is 0 Å². The van der Waals surface area contributed by atoms with Gasteiger partial charge in [0, 0.05) is 4.47 Å². The zero-order chi connectivity index (χ0) is 22.5. The summed E-state index contributed by atoms with van der Waals surface area (Å²) in [5.74, 6) is -2.43. The summed E-state index contributed by atoms with van der Waals surface area (Å²) in [5.41, 5.74) is -0.547. The Morgan fingerprint density at radius 1 is 1.26 bits per heavy atom. The number of amides is 1. The van der Waals surface area contributed by atoms with Gasteiger partial charge in [-0.1, -0.05) is 15.9 Å². The third-order valence-corrected chi connectivity index (χ3v) is 4.58. The summed E-state index contributed by atoms with van der Waals surface area (Å²) in [7, 11) is 0. The Kier molecular flexibility index (Phi) is 6.80. The molecule has 0 saturated heterocycles. The van der Waals surface area contributed by atoms with Gasteiger partial charge in [0.05, 0.1) is 24.1 Å². The van der Waals surface area contributed by atoms with Crippen LogP contribution in [0, 0.1) is 12.7 Å². The number of carbonyl (C=O) groups is 2. The monoisotopic (exact) mass is 493 g/mol. The molecule has 0 saturated carbocycles. The van der Waals surface area contributed by atoms with Crippen LogP contribution in [0.3, 0.4) is 0 Å². The van der Waals surface area contributed by atoms with E-state index >= 15 is 0 Å². The number of rotatable bonds is 7. The number of carbonyl (C=O) groups excluding carboxylic acids is 2. The third-order valence-electron chi connectivity index (χ3n) is 4.05. The second-order valence-corrected chi connectivity index (χ2v) is 7.32. The summed E-state index contributed by atoms with van der Waals surface area (Å²) in [5, 5.41) is 6.74. The van der Waals surface area contributed by atoms with Crippen LogP contribution in [0.1, 0.15) is 16.2 Å². The molecule has 0 radical (unpaired) electrons. The van der Waals surface area contributed by atoms with Crippen LogP contribution < -0.4 is 16.6 Å². The molecule has 12 heteroatoms. The lowest BCUT2D eigenvalue weighted by Gasteiger charge is -2.09. The van der Waals surface area contributed by atoms with E-state index < -0.39 is 35.5 Å². The first-order chi connectivity index (χ1) is 14.7. The van der Waals surface area contributed by atoms with E-state index in [1.54, 1.807) is 30.1 Å². The highest BCUT2D eigenvalue weighted by Gasteiger charge is 2.17. The average molecular weight is 494 g/mol. The van der Waals surface area contributed by atoms with Crippen molar-refractivity contribution >= 4 is 27.8 Å². The number of ether oxygens (including phenoxy) is 1. The van der Waals surface area contributed by atoms with Gasteiger partial charge in [-0.15, -0.1) is 0 Å². The number of benzene rings is 1. The largest absolute Gasteiger partial charge is 0.459 e. The fraction of sp³-hybridized carbons (Fsp3) is 0.211. The second-order valence-electron chi connectivity index (χ2n) is 6.41. The van der Waals surface area contributed by atoms with Crippen LogP contribution >= 0.6 is 15.9 Å². The maximum absolute atomic E-state index is 13.2. The number of aryl methyl sites for hydroxylation is 1. The lowest BCUT2D eigenvalue weighted by atomic mass is 10.3. The minimum atomic E-state index is -1.18. The minimum absolute atomic E-state index is 0.0312. The number of halogens is 2. The number of aromatic amines is 1. The summed E-state index contributed by atoms with van der Waals surface area (Å²) in [6.45, 7) is 1.07. The highest BCUT2D eigenvalue weighted by atomic mass is 79.9. The first-order valence-electron chi connectivity index (χ1n) is 9.00. The predicted octanol–water partition coefficient (Wildman–Crippen LogP) is 0.906. The molecule has 162 valence electrons. The fourth-order valence-corrected chi connectivity index (χ4v) is 2.91. The Balaban J connectivity index is 1.55. The van der Waals surface area contributed by atoms with Crippen molar-refractivity contribution in [1.29, 1.82) is 0 Å². The Bertz CT molecular complexity index is 1230. The van der Waals surface area contributed by atoms with Gasteiger partial charge in [0.2, 0.25) is 11.7 Å². The molecule has 0 fully saturated rings. The van der Waals surface area contributed by atoms with Crippen LogP contribution in [0.2, 0.25) is 0 Å². The van der Waals surface area contributed by atoms with Gasteiger partial charge in [-0.3, -0.25) is 19.1 Å². The number of nitrogens with zero attached hydrogens (tertiary/aromatic N) is 3. The Hall–Kier alpha value is -3.54. The first kappa shape index (κ1) is 22.2. The van der Waals surface area contributed by atoms with Crippen LogP contribution in [0.15, 0.2) is 50.6 Å². The van der Waals surface area contributed by atoms with Crippen LogP contribution in [0.5, 0.6) is 0 Å². The lowest BCUT2D eigenvalue weighted by molar-refractivity contribution is -0.121. The average Bonchev–Trinajstić information content (AvgIpc) is 3.11. The van der Waals surface area contributed by atoms with E-state index in [1.165, 1.54) is 4.68 Å². The van der Waals surface area contributed by atoms with Crippen molar-refractivity contribution in [3.8, 4) is 5.69 Å². The van der Waals surface area contributed by atoms with Crippen molar-refractivity contribution in [2.24, 2.45) is 0 Å². The molecule has 1 aromatic carbocycles. The predicted molar refractivity (Wildman–Crippen MR) is 111 cm³/mol. The van der Waals surface area contributed by atoms with E-state index in [-0.39, 0.29) is 18.8 Å². The van der Waals surface area contributed by atoms with E-state index in [1.807, 2.05) is 12.1 Å². The molecule has 0 unspecified atom stereocenters. The molecule has 10 nitrogen and oxygen atoms in total. The molecule has 0 atom stereocenters. The van der Waals surface area contributed by atoms with Gasteiger partial charge in [-0.2, -0.15) is 9.49 Å². The maximum atomic E-state index is 13.2. The zero-order valence-electron chi connectivity index (χ0n) is 16.2. The molecule has 0 aliphatic rings. The summed E-state index contributed by atoms with van der Waals surface area (Å²) in [6.07, 6.45) is 0.645. The van der Waals surface area contributed by atoms with Crippen LogP contribution in [0.25, 0.3) is 5.69 Å². The normalized spacial score (nSPS) is 10.7. The van der Waals surface area contributed by atoms with Gasteiger partial charge in [-0.25, -0.2) is 14.3 Å². The number of hydrogen-bond acceptors (Lipinski definition) is 6. The van der Waals surface area contributed by atoms with Gasteiger partial charge in [-0.05, 0) is 37.3 Å². The Labute approximate surface area is 182 Å². The first-order valence-corrected chi connectivity index (χ1v) is 9.79. The van der Waals surface area contributed by atoms with Crippen LogP contribution in [-0.2, 0) is 16.1 Å². The second kappa shape index (κ2) is 9.51. The molecular formula is C19H17BrFN5O5. The van der Waals surface area contributed by atoms with E-state index in [9.17, 15) is 23.6 Å². The van der Waals surface area contributed by atoms with Crippen molar-refractivity contribution in [2.75, 3.05) is 13.2 Å². The summed E-state index contributed by atoms with van der Waals surface area (Å²) < 4.78 is 21.5. The fourth-order valence-electron chi connectivity index (χ4n) is 2.64. The molecule has 2 N–H and O–H groups in total. The maximum Gasteiger partial charge on any atom is 0.357 e. The van der Waals surface area contributed by atoms with Crippen LogP contribution in [0.4, 0.5) is 4.39 Å². The van der Waals surface area contributed by atoms with Gasteiger partial charge >= 0.3 is 11.7 Å². The molecule has 2 heterocycles. The topological polar surface area (TPSA) is 128 Å². The third kappa shape index (κ3) is 5.54. The van der Waals surface area contributed by atoms with Gasteiger partial charge in [0.25, 0.3) is 5.56 Å². The Morgan fingerprint density at radius 2 is 1.97 bits per heavy atom. The number of esters is 1. The quantitative estimate of drug-likeness (QED) is 0.371. The number of nitrogens with one attached hydrogen (secondary N) is 2. The molecule has 0 spiro atoms. The molecule has 2 aromatic heterocycles. The summed E-state index contributed by atoms with van der Waals surface area (Å²) in [4.78, 5) is 48.7. The minimum Gasteiger partial charge on any atom is -0.459 e. The van der Waals surface area contributed by atoms with Crippen molar-refractivity contribution in [3.05, 3.63) is 79.0 Å². The summed E-state index contributed by atoms with van der Waals surface area (Å²) in [6, 6.07) is 8.79. The van der Waals surface area contributed by atoms with Crippen molar-refractivity contribution < 1.29 is 18.7 Å². The molecule has 0 aliphatic heterocycles. The van der Waals surface area contributed by atoms with E-state index in [0.29, 0.717) is 17.6 Å². The SMILES string of the molecule is Cc1cc(C(=O)OCCNC(=O)Cn2cc(F)c(=O)[nH]c2=O)n(-c2ccc(Br)cc2)n1. The lowest BCUT2D eigenvalue weighted by Crippen LogP contribution is -2.37. The molecule has 1 amide bonds. The van der Waals surface area contributed by atoms with Gasteiger partial charge < -0.3 is 10.1 Å². The molecule has 3 aromatic rings.